The predicted octanol–water partition coefficient (Wildman–Crippen LogP) is 6.36. The summed E-state index contributed by atoms with van der Waals surface area (Å²) in [5.74, 6) is 0. The van der Waals surface area contributed by atoms with Gasteiger partial charge in [-0.1, -0.05) is 24.3 Å². The molecule has 0 N–H and O–H groups in total. The SMILES string of the molecule is O=[N+]([O-])c1cc(-c2ccc(C(F)(F)F)cc2)nc(-c2ccc(C(F)(F)F)cc2)c1. The van der Waals surface area contributed by atoms with Gasteiger partial charge in [0.05, 0.1) is 27.4 Å². The fourth-order valence-electron chi connectivity index (χ4n) is 2.58. The van der Waals surface area contributed by atoms with Crippen LogP contribution < -0.4 is 0 Å². The largest absolute Gasteiger partial charge is 0.416 e. The van der Waals surface area contributed by atoms with Gasteiger partial charge in [-0.05, 0) is 24.3 Å². The number of pyridine rings is 1. The van der Waals surface area contributed by atoms with E-state index in [-0.39, 0.29) is 22.5 Å². The van der Waals surface area contributed by atoms with Crippen molar-refractivity contribution in [2.45, 2.75) is 12.4 Å². The van der Waals surface area contributed by atoms with Gasteiger partial charge in [-0.3, -0.25) is 10.1 Å². The van der Waals surface area contributed by atoms with Gasteiger partial charge in [0, 0.05) is 23.3 Å². The van der Waals surface area contributed by atoms with Gasteiger partial charge in [-0.15, -0.1) is 0 Å². The van der Waals surface area contributed by atoms with E-state index in [1.165, 1.54) is 0 Å². The first kappa shape index (κ1) is 20.3. The van der Waals surface area contributed by atoms with E-state index in [1.807, 2.05) is 0 Å². The molecule has 0 atom stereocenters. The van der Waals surface area contributed by atoms with E-state index in [2.05, 4.69) is 4.98 Å². The smallest absolute Gasteiger partial charge is 0.258 e. The second-order valence-corrected chi connectivity index (χ2v) is 6.00. The zero-order valence-electron chi connectivity index (χ0n) is 14.3. The third-order valence-corrected chi connectivity index (χ3v) is 4.04. The molecular weight excluding hydrogens is 402 g/mol. The summed E-state index contributed by atoms with van der Waals surface area (Å²) in [7, 11) is 0. The molecular formula is C19H10F6N2O2. The van der Waals surface area contributed by atoms with Gasteiger partial charge in [-0.2, -0.15) is 26.3 Å². The molecule has 4 nitrogen and oxygen atoms in total. The average molecular weight is 412 g/mol. The van der Waals surface area contributed by atoms with Gasteiger partial charge < -0.3 is 0 Å². The second kappa shape index (κ2) is 7.19. The summed E-state index contributed by atoms with van der Waals surface area (Å²) in [5.41, 5.74) is -1.77. The fourth-order valence-corrected chi connectivity index (χ4v) is 2.58. The van der Waals surface area contributed by atoms with Crippen LogP contribution in [0.5, 0.6) is 0 Å². The monoisotopic (exact) mass is 412 g/mol. The lowest BCUT2D eigenvalue weighted by atomic mass is 10.0. The molecule has 0 amide bonds. The van der Waals surface area contributed by atoms with E-state index in [0.717, 1.165) is 60.7 Å². The van der Waals surface area contributed by atoms with Crippen molar-refractivity contribution in [3.05, 3.63) is 81.9 Å². The minimum atomic E-state index is -4.54. The van der Waals surface area contributed by atoms with E-state index in [0.29, 0.717) is 0 Å². The Labute approximate surface area is 159 Å². The predicted molar refractivity (Wildman–Crippen MR) is 91.8 cm³/mol. The van der Waals surface area contributed by atoms with Crippen LogP contribution in [0.2, 0.25) is 0 Å². The Morgan fingerprint density at radius 3 is 1.31 bits per heavy atom. The van der Waals surface area contributed by atoms with Crippen LogP contribution in [0.15, 0.2) is 60.7 Å². The van der Waals surface area contributed by atoms with Crippen molar-refractivity contribution < 1.29 is 31.3 Å². The minimum Gasteiger partial charge on any atom is -0.258 e. The molecule has 0 aliphatic heterocycles. The maximum Gasteiger partial charge on any atom is 0.416 e. The van der Waals surface area contributed by atoms with Crippen LogP contribution in [0.3, 0.4) is 0 Å². The number of alkyl halides is 6. The molecule has 0 spiro atoms. The number of nitro groups is 1. The van der Waals surface area contributed by atoms with Gasteiger partial charge in [0.2, 0.25) is 0 Å². The standard InChI is InChI=1S/C19H10F6N2O2/c20-18(21,22)13-5-1-11(2-6-13)16-9-15(27(28)29)10-17(26-16)12-3-7-14(8-4-12)19(23,24)25/h1-10H. The summed E-state index contributed by atoms with van der Waals surface area (Å²) in [6.45, 7) is 0. The van der Waals surface area contributed by atoms with Crippen LogP contribution in [0.25, 0.3) is 22.5 Å². The van der Waals surface area contributed by atoms with Crippen LogP contribution in [0.1, 0.15) is 11.1 Å². The molecule has 0 unspecified atom stereocenters. The zero-order chi connectivity index (χ0) is 21.4. The third kappa shape index (κ3) is 4.53. The molecule has 0 bridgehead atoms. The molecule has 1 heterocycles. The molecule has 0 saturated carbocycles. The summed E-state index contributed by atoms with van der Waals surface area (Å²) in [6, 6.07) is 9.88. The first-order chi connectivity index (χ1) is 13.4. The lowest BCUT2D eigenvalue weighted by Crippen LogP contribution is -2.04. The Bertz CT molecular complexity index is 967. The minimum absolute atomic E-state index is 0.0165. The maximum atomic E-state index is 12.7. The van der Waals surface area contributed by atoms with Crippen molar-refractivity contribution in [1.82, 2.24) is 4.98 Å². The lowest BCUT2D eigenvalue weighted by Gasteiger charge is -2.10. The van der Waals surface area contributed by atoms with E-state index in [1.54, 1.807) is 0 Å². The summed E-state index contributed by atoms with van der Waals surface area (Å²) in [4.78, 5) is 14.7. The van der Waals surface area contributed by atoms with Crippen molar-refractivity contribution in [3.8, 4) is 22.5 Å². The topological polar surface area (TPSA) is 56.0 Å². The average Bonchev–Trinajstić information content (AvgIpc) is 2.66. The van der Waals surface area contributed by atoms with E-state index in [9.17, 15) is 36.5 Å². The zero-order valence-corrected chi connectivity index (χ0v) is 14.3. The number of aromatic nitrogens is 1. The van der Waals surface area contributed by atoms with Gasteiger partial charge in [0.1, 0.15) is 0 Å². The number of rotatable bonds is 3. The molecule has 0 saturated heterocycles. The van der Waals surface area contributed by atoms with Crippen molar-refractivity contribution >= 4 is 5.69 Å². The van der Waals surface area contributed by atoms with Gasteiger partial charge in [0.25, 0.3) is 5.69 Å². The van der Waals surface area contributed by atoms with Crippen LogP contribution in [-0.4, -0.2) is 9.91 Å². The Morgan fingerprint density at radius 1 is 0.690 bits per heavy atom. The molecule has 1 aromatic heterocycles. The quantitative estimate of drug-likeness (QED) is 0.286. The molecule has 0 radical (unpaired) electrons. The number of benzene rings is 2. The number of hydrogen-bond donors (Lipinski definition) is 0. The molecule has 0 aliphatic rings. The Balaban J connectivity index is 2.06. The summed E-state index contributed by atoms with van der Waals surface area (Å²) in [6.07, 6.45) is -9.08. The molecule has 2 aromatic carbocycles. The number of nitrogens with zero attached hydrogens (tertiary/aromatic N) is 2. The Morgan fingerprint density at radius 2 is 1.03 bits per heavy atom. The highest BCUT2D eigenvalue weighted by Crippen LogP contribution is 2.34. The molecule has 10 heteroatoms. The molecule has 0 fully saturated rings. The van der Waals surface area contributed by atoms with E-state index < -0.39 is 34.1 Å². The summed E-state index contributed by atoms with van der Waals surface area (Å²) in [5, 5.41) is 11.2. The highest BCUT2D eigenvalue weighted by Gasteiger charge is 2.31. The lowest BCUT2D eigenvalue weighted by molar-refractivity contribution is -0.384. The molecule has 29 heavy (non-hydrogen) atoms. The highest BCUT2D eigenvalue weighted by atomic mass is 19.4. The third-order valence-electron chi connectivity index (χ3n) is 4.04. The number of halogens is 6. The van der Waals surface area contributed by atoms with Crippen molar-refractivity contribution in [2.75, 3.05) is 0 Å². The van der Waals surface area contributed by atoms with E-state index >= 15 is 0 Å². The maximum absolute atomic E-state index is 12.7. The van der Waals surface area contributed by atoms with Gasteiger partial charge >= 0.3 is 12.4 Å². The van der Waals surface area contributed by atoms with Crippen LogP contribution in [0, 0.1) is 10.1 Å². The normalized spacial score (nSPS) is 12.1. The fraction of sp³-hybridized carbons (Fsp3) is 0.105. The molecule has 3 aromatic rings. The summed E-state index contributed by atoms with van der Waals surface area (Å²) >= 11 is 0. The van der Waals surface area contributed by atoms with Crippen molar-refractivity contribution in [2.24, 2.45) is 0 Å². The summed E-state index contributed by atoms with van der Waals surface area (Å²) < 4.78 is 76.3. The Kier molecular flexibility index (Phi) is 5.04. The van der Waals surface area contributed by atoms with Gasteiger partial charge in [-0.25, -0.2) is 4.98 Å². The first-order valence-corrected chi connectivity index (χ1v) is 7.97. The molecule has 150 valence electrons. The van der Waals surface area contributed by atoms with Crippen molar-refractivity contribution in [1.29, 1.82) is 0 Å². The van der Waals surface area contributed by atoms with Crippen LogP contribution >= 0.6 is 0 Å². The van der Waals surface area contributed by atoms with Gasteiger partial charge in [0.15, 0.2) is 0 Å². The van der Waals surface area contributed by atoms with Crippen LogP contribution in [-0.2, 0) is 12.4 Å². The second-order valence-electron chi connectivity index (χ2n) is 6.00. The molecule has 0 aliphatic carbocycles. The first-order valence-electron chi connectivity index (χ1n) is 7.97. The van der Waals surface area contributed by atoms with Crippen LogP contribution in [0.4, 0.5) is 32.0 Å². The Hall–Kier alpha value is -3.43. The van der Waals surface area contributed by atoms with E-state index in [4.69, 9.17) is 0 Å². The van der Waals surface area contributed by atoms with Crippen molar-refractivity contribution in [3.63, 3.8) is 0 Å². The number of hydrogen-bond acceptors (Lipinski definition) is 3. The molecule has 3 rings (SSSR count). The highest BCUT2D eigenvalue weighted by molar-refractivity contribution is 5.70.